The largest absolute Gasteiger partial charge is 0.497 e. The van der Waals surface area contributed by atoms with Crippen LogP contribution < -0.4 is 18.9 Å². The zero-order valence-corrected chi connectivity index (χ0v) is 26.0. The van der Waals surface area contributed by atoms with Gasteiger partial charge in [0.15, 0.2) is 11.5 Å². The molecule has 0 bridgehead atoms. The molecule has 11 nitrogen and oxygen atoms in total. The van der Waals surface area contributed by atoms with E-state index in [0.29, 0.717) is 23.7 Å². The third kappa shape index (κ3) is 5.01. The summed E-state index contributed by atoms with van der Waals surface area (Å²) in [6, 6.07) is 9.40. The molecule has 6 atom stereocenters. The standard InChI is InChI=1S/C33H40N2O9/c1-38-19-7-8-20-21-9-10-35-16-18-13-27(44-32(36)17-11-25(39-2)30(41-4)26(12-17)40-3)31(42-5)28(33(37)43-6)22(18)15-24(35)29(21)34-23(20)14-19/h7-8,11-12,14,18,22,24,27-28,31,34H,9-10,13,15-16H2,1-6H3/t18-,22+,24-,27+,28+,31-/m1/s1. The maximum atomic E-state index is 13.5. The number of ether oxygens (including phenoxy) is 7. The molecule has 11 heteroatoms. The highest BCUT2D eigenvalue weighted by Crippen LogP contribution is 2.51. The smallest absolute Gasteiger partial charge is 0.338 e. The number of carbonyl (C=O) groups is 2. The minimum absolute atomic E-state index is 0.0170. The van der Waals surface area contributed by atoms with Crippen molar-refractivity contribution in [1.82, 2.24) is 9.88 Å². The predicted molar refractivity (Wildman–Crippen MR) is 161 cm³/mol. The molecule has 0 radical (unpaired) electrons. The number of aromatic nitrogens is 1. The highest BCUT2D eigenvalue weighted by molar-refractivity contribution is 5.91. The summed E-state index contributed by atoms with van der Waals surface area (Å²) in [6.45, 7) is 1.68. The molecule has 6 rings (SSSR count). The SMILES string of the molecule is COC(=O)[C@H]1[C@H]2C[C@@H]3c4[nH]c5cc(OC)ccc5c4CCN3C[C@H]2C[C@H](OC(=O)c2cc(OC)c(OC)c(OC)c2)[C@H]1OC. The van der Waals surface area contributed by atoms with Crippen molar-refractivity contribution in [2.75, 3.05) is 55.7 Å². The molecule has 0 spiro atoms. The van der Waals surface area contributed by atoms with Crippen molar-refractivity contribution >= 4 is 22.8 Å². The third-order valence-electron chi connectivity index (χ3n) is 9.76. The fourth-order valence-corrected chi connectivity index (χ4v) is 7.76. The number of rotatable bonds is 8. The Balaban J connectivity index is 1.29. The maximum Gasteiger partial charge on any atom is 0.338 e. The lowest BCUT2D eigenvalue weighted by atomic mass is 9.63. The van der Waals surface area contributed by atoms with E-state index in [-0.39, 0.29) is 29.4 Å². The molecule has 1 saturated heterocycles. The maximum absolute atomic E-state index is 13.5. The van der Waals surface area contributed by atoms with Gasteiger partial charge < -0.3 is 38.1 Å². The van der Waals surface area contributed by atoms with E-state index in [4.69, 9.17) is 33.2 Å². The summed E-state index contributed by atoms with van der Waals surface area (Å²) >= 11 is 0. The van der Waals surface area contributed by atoms with Crippen molar-refractivity contribution in [3.63, 3.8) is 0 Å². The second kappa shape index (κ2) is 12.2. The van der Waals surface area contributed by atoms with Gasteiger partial charge in [-0.25, -0.2) is 4.79 Å². The van der Waals surface area contributed by atoms with E-state index in [1.807, 2.05) is 12.1 Å². The average Bonchev–Trinajstić information content (AvgIpc) is 3.43. The Morgan fingerprint density at radius 2 is 1.66 bits per heavy atom. The minimum atomic E-state index is -0.670. The molecular weight excluding hydrogens is 568 g/mol. The molecule has 0 unspecified atom stereocenters. The van der Waals surface area contributed by atoms with Crippen LogP contribution in [0.5, 0.6) is 23.0 Å². The van der Waals surface area contributed by atoms with Crippen LogP contribution in [-0.2, 0) is 25.4 Å². The van der Waals surface area contributed by atoms with E-state index in [9.17, 15) is 9.59 Å². The molecule has 1 saturated carbocycles. The van der Waals surface area contributed by atoms with E-state index in [1.54, 1.807) is 26.4 Å². The van der Waals surface area contributed by atoms with Crippen LogP contribution in [0.15, 0.2) is 30.3 Å². The quantitative estimate of drug-likeness (QED) is 0.374. The fourth-order valence-electron chi connectivity index (χ4n) is 7.76. The Hall–Kier alpha value is -3.96. The Bertz CT molecular complexity index is 1530. The molecule has 44 heavy (non-hydrogen) atoms. The number of methoxy groups -OCH3 is 6. The zero-order valence-electron chi connectivity index (χ0n) is 26.0. The molecule has 3 aromatic rings. The van der Waals surface area contributed by atoms with Crippen LogP contribution in [0, 0.1) is 17.8 Å². The third-order valence-corrected chi connectivity index (χ3v) is 9.76. The average molecular weight is 609 g/mol. The van der Waals surface area contributed by atoms with Crippen LogP contribution in [0.1, 0.15) is 40.5 Å². The van der Waals surface area contributed by atoms with Gasteiger partial charge in [0.2, 0.25) is 5.75 Å². The van der Waals surface area contributed by atoms with E-state index >= 15 is 0 Å². The Morgan fingerprint density at radius 3 is 2.30 bits per heavy atom. The Morgan fingerprint density at radius 1 is 0.909 bits per heavy atom. The van der Waals surface area contributed by atoms with Crippen LogP contribution in [0.25, 0.3) is 10.9 Å². The monoisotopic (exact) mass is 608 g/mol. The van der Waals surface area contributed by atoms with Gasteiger partial charge in [0.05, 0.1) is 53.1 Å². The van der Waals surface area contributed by atoms with Crippen LogP contribution in [0.4, 0.5) is 0 Å². The van der Waals surface area contributed by atoms with E-state index < -0.39 is 24.1 Å². The number of hydrogen-bond acceptors (Lipinski definition) is 10. The van der Waals surface area contributed by atoms with E-state index in [0.717, 1.165) is 37.2 Å². The van der Waals surface area contributed by atoms with Crippen molar-refractivity contribution in [1.29, 1.82) is 0 Å². The summed E-state index contributed by atoms with van der Waals surface area (Å²) in [4.78, 5) is 33.1. The summed E-state index contributed by atoms with van der Waals surface area (Å²) in [6.07, 6.45) is 0.920. The van der Waals surface area contributed by atoms with Gasteiger partial charge in [0.1, 0.15) is 18.0 Å². The van der Waals surface area contributed by atoms with Crippen LogP contribution in [0.3, 0.4) is 0 Å². The number of carbonyl (C=O) groups excluding carboxylic acids is 2. The zero-order chi connectivity index (χ0) is 31.1. The minimum Gasteiger partial charge on any atom is -0.497 e. The summed E-state index contributed by atoms with van der Waals surface area (Å²) in [5.41, 5.74) is 3.83. The number of esters is 2. The molecule has 1 aliphatic carbocycles. The first-order chi connectivity index (χ1) is 21.3. The topological polar surface area (TPSA) is 118 Å². The highest BCUT2D eigenvalue weighted by atomic mass is 16.6. The van der Waals surface area contributed by atoms with Gasteiger partial charge >= 0.3 is 11.9 Å². The summed E-state index contributed by atoms with van der Waals surface area (Å²) in [5.74, 6) is 0.441. The van der Waals surface area contributed by atoms with Gasteiger partial charge in [0.25, 0.3) is 0 Å². The molecule has 2 aliphatic heterocycles. The van der Waals surface area contributed by atoms with Gasteiger partial charge in [-0.3, -0.25) is 9.69 Å². The normalized spacial score (nSPS) is 26.1. The van der Waals surface area contributed by atoms with Gasteiger partial charge in [-0.15, -0.1) is 0 Å². The van der Waals surface area contributed by atoms with Crippen LogP contribution in [0.2, 0.25) is 0 Å². The van der Waals surface area contributed by atoms with Crippen LogP contribution in [-0.4, -0.2) is 89.8 Å². The Labute approximate surface area is 256 Å². The number of fused-ring (bicyclic) bond motifs is 6. The first-order valence-electron chi connectivity index (χ1n) is 14.9. The molecule has 2 aromatic carbocycles. The number of benzene rings is 2. The first-order valence-corrected chi connectivity index (χ1v) is 14.9. The summed E-state index contributed by atoms with van der Waals surface area (Å²) in [7, 11) is 9.10. The first kappa shape index (κ1) is 30.1. The molecule has 3 aliphatic rings. The number of H-pyrrole nitrogens is 1. The molecule has 2 fully saturated rings. The summed E-state index contributed by atoms with van der Waals surface area (Å²) < 4.78 is 39.1. The second-order valence-corrected chi connectivity index (χ2v) is 11.7. The Kier molecular flexibility index (Phi) is 8.34. The van der Waals surface area contributed by atoms with E-state index in [2.05, 4.69) is 16.0 Å². The van der Waals surface area contributed by atoms with Gasteiger partial charge in [-0.05, 0) is 60.9 Å². The number of nitrogens with one attached hydrogen (secondary N) is 1. The van der Waals surface area contributed by atoms with Gasteiger partial charge in [-0.1, -0.05) is 0 Å². The highest BCUT2D eigenvalue weighted by Gasteiger charge is 2.54. The summed E-state index contributed by atoms with van der Waals surface area (Å²) in [5, 5.41) is 1.21. The molecule has 236 valence electrons. The lowest BCUT2D eigenvalue weighted by Gasteiger charge is -2.52. The lowest BCUT2D eigenvalue weighted by molar-refractivity contribution is -0.176. The van der Waals surface area contributed by atoms with Crippen molar-refractivity contribution in [2.24, 2.45) is 17.8 Å². The molecule has 0 amide bonds. The van der Waals surface area contributed by atoms with Crippen molar-refractivity contribution < 1.29 is 42.7 Å². The second-order valence-electron chi connectivity index (χ2n) is 11.7. The number of aromatic amines is 1. The van der Waals surface area contributed by atoms with Crippen molar-refractivity contribution in [3.05, 3.63) is 47.2 Å². The number of nitrogens with zero attached hydrogens (tertiary/aromatic N) is 1. The molecule has 1 aromatic heterocycles. The number of hydrogen-bond donors (Lipinski definition) is 1. The molecular formula is C33H40N2O9. The van der Waals surface area contributed by atoms with Crippen molar-refractivity contribution in [3.8, 4) is 23.0 Å². The van der Waals surface area contributed by atoms with Gasteiger partial charge in [0, 0.05) is 42.9 Å². The molecule has 1 N–H and O–H groups in total. The van der Waals surface area contributed by atoms with Crippen molar-refractivity contribution in [2.45, 2.75) is 37.5 Å². The fraction of sp³-hybridized carbons (Fsp3) is 0.515. The molecule has 3 heterocycles. The number of piperidine rings is 1. The predicted octanol–water partition coefficient (Wildman–Crippen LogP) is 4.17. The van der Waals surface area contributed by atoms with E-state index in [1.165, 1.54) is 45.1 Å². The van der Waals surface area contributed by atoms with Gasteiger partial charge in [-0.2, -0.15) is 0 Å². The lowest BCUT2D eigenvalue weighted by Crippen LogP contribution is -2.58. The van der Waals surface area contributed by atoms with Crippen LogP contribution >= 0.6 is 0 Å².